The number of nitrogens with zero attached hydrogens (tertiary/aromatic N) is 4. The summed E-state index contributed by atoms with van der Waals surface area (Å²) in [4.78, 5) is 15.2. The molecule has 0 aliphatic carbocycles. The van der Waals surface area contributed by atoms with Gasteiger partial charge < -0.3 is 10.6 Å². The van der Waals surface area contributed by atoms with Gasteiger partial charge in [-0.3, -0.25) is 0 Å². The van der Waals surface area contributed by atoms with Gasteiger partial charge in [0.1, 0.15) is 0 Å². The van der Waals surface area contributed by atoms with E-state index in [2.05, 4.69) is 50.2 Å². The number of nitrogens with two attached hydrogens (primary N) is 1. The van der Waals surface area contributed by atoms with Gasteiger partial charge in [-0.1, -0.05) is 30.3 Å². The van der Waals surface area contributed by atoms with E-state index in [9.17, 15) is 0 Å². The number of likely N-dealkylation sites (tertiary alicyclic amines) is 1. The Morgan fingerprint density at radius 1 is 1.12 bits per heavy atom. The van der Waals surface area contributed by atoms with Crippen LogP contribution in [0.5, 0.6) is 0 Å². The van der Waals surface area contributed by atoms with Crippen LogP contribution in [0.15, 0.2) is 41.4 Å². The highest BCUT2D eigenvalue weighted by Gasteiger charge is 2.20. The second kappa shape index (κ2) is 7.43. The Bertz CT molecular complexity index is 683. The molecule has 0 amide bonds. The Morgan fingerprint density at radius 2 is 1.75 bits per heavy atom. The third kappa shape index (κ3) is 4.31. The van der Waals surface area contributed by atoms with Crippen molar-refractivity contribution in [2.24, 2.45) is 16.6 Å². The summed E-state index contributed by atoms with van der Waals surface area (Å²) in [6, 6.07) is 12.6. The van der Waals surface area contributed by atoms with Crippen molar-refractivity contribution in [2.75, 3.05) is 13.1 Å². The van der Waals surface area contributed by atoms with Crippen LogP contribution in [0.2, 0.25) is 0 Å². The molecule has 1 aliphatic heterocycles. The van der Waals surface area contributed by atoms with Gasteiger partial charge in [-0.15, -0.1) is 0 Å². The normalized spacial score (nSPS) is 16.4. The Balaban J connectivity index is 1.58. The molecule has 3 rings (SSSR count). The van der Waals surface area contributed by atoms with E-state index in [0.717, 1.165) is 43.7 Å². The summed E-state index contributed by atoms with van der Waals surface area (Å²) in [7, 11) is 0. The molecule has 1 aliphatic rings. The maximum Gasteiger partial charge on any atom is 0.253 e. The van der Waals surface area contributed by atoms with Crippen molar-refractivity contribution in [1.82, 2.24) is 14.9 Å². The molecule has 1 fully saturated rings. The fourth-order valence-electron chi connectivity index (χ4n) is 3.24. The third-order valence-corrected chi connectivity index (χ3v) is 4.49. The van der Waals surface area contributed by atoms with E-state index in [1.165, 1.54) is 5.56 Å². The number of aromatic nitrogens is 2. The van der Waals surface area contributed by atoms with Crippen LogP contribution in [-0.2, 0) is 6.42 Å². The Morgan fingerprint density at radius 3 is 2.38 bits per heavy atom. The third-order valence-electron chi connectivity index (χ3n) is 4.49. The fraction of sp³-hybridized carbons (Fsp3) is 0.421. The zero-order valence-electron chi connectivity index (χ0n) is 14.4. The van der Waals surface area contributed by atoms with Gasteiger partial charge >= 0.3 is 0 Å². The van der Waals surface area contributed by atoms with Gasteiger partial charge in [0.25, 0.3) is 5.95 Å². The first kappa shape index (κ1) is 16.4. The number of aryl methyl sites for hydroxylation is 2. The smallest absolute Gasteiger partial charge is 0.253 e. The zero-order valence-corrected chi connectivity index (χ0v) is 14.4. The van der Waals surface area contributed by atoms with Gasteiger partial charge in [-0.2, -0.15) is 4.99 Å². The Labute approximate surface area is 143 Å². The quantitative estimate of drug-likeness (QED) is 0.696. The topological polar surface area (TPSA) is 67.4 Å². The van der Waals surface area contributed by atoms with Gasteiger partial charge in [0, 0.05) is 24.5 Å². The van der Waals surface area contributed by atoms with Crippen LogP contribution >= 0.6 is 0 Å². The van der Waals surface area contributed by atoms with Crippen LogP contribution in [0.25, 0.3) is 0 Å². The number of hydrogen-bond acceptors (Lipinski definition) is 3. The van der Waals surface area contributed by atoms with Crippen molar-refractivity contribution in [2.45, 2.75) is 33.1 Å². The maximum atomic E-state index is 6.17. The van der Waals surface area contributed by atoms with E-state index in [1.807, 2.05) is 19.9 Å². The number of rotatable bonds is 3. The van der Waals surface area contributed by atoms with Crippen LogP contribution < -0.4 is 5.73 Å². The van der Waals surface area contributed by atoms with Crippen molar-refractivity contribution in [3.8, 4) is 0 Å². The van der Waals surface area contributed by atoms with Crippen molar-refractivity contribution < 1.29 is 0 Å². The Kier molecular flexibility index (Phi) is 5.08. The first-order chi connectivity index (χ1) is 11.6. The summed E-state index contributed by atoms with van der Waals surface area (Å²) >= 11 is 0. The van der Waals surface area contributed by atoms with E-state index < -0.39 is 0 Å². The molecule has 0 atom stereocenters. The van der Waals surface area contributed by atoms with Crippen molar-refractivity contribution >= 4 is 11.9 Å². The highest BCUT2D eigenvalue weighted by molar-refractivity contribution is 5.80. The lowest BCUT2D eigenvalue weighted by Gasteiger charge is -2.32. The van der Waals surface area contributed by atoms with Crippen LogP contribution in [0.1, 0.15) is 29.8 Å². The standard InChI is InChI=1S/C19H25N5/c1-14-12-15(2)22-19(21-14)23-18(20)24-10-8-17(9-11-24)13-16-6-4-3-5-7-16/h3-7,12,17H,8-11,13H2,1-2H3,(H2,20,21,22,23). The van der Waals surface area contributed by atoms with Crippen molar-refractivity contribution in [3.63, 3.8) is 0 Å². The number of piperidine rings is 1. The van der Waals surface area contributed by atoms with Gasteiger partial charge in [0.05, 0.1) is 0 Å². The summed E-state index contributed by atoms with van der Waals surface area (Å²) < 4.78 is 0. The molecule has 0 unspecified atom stereocenters. The van der Waals surface area contributed by atoms with Crippen molar-refractivity contribution in [3.05, 3.63) is 53.3 Å². The first-order valence-corrected chi connectivity index (χ1v) is 8.55. The van der Waals surface area contributed by atoms with E-state index in [-0.39, 0.29) is 0 Å². The SMILES string of the molecule is Cc1cc(C)nc(N=C(N)N2CCC(Cc3ccccc3)CC2)n1. The highest BCUT2D eigenvalue weighted by atomic mass is 15.3. The van der Waals surface area contributed by atoms with Gasteiger partial charge in [-0.05, 0) is 50.7 Å². The van der Waals surface area contributed by atoms with E-state index in [1.54, 1.807) is 0 Å². The molecule has 0 saturated carbocycles. The second-order valence-corrected chi connectivity index (χ2v) is 6.54. The summed E-state index contributed by atoms with van der Waals surface area (Å²) in [5.74, 6) is 1.70. The number of hydrogen-bond donors (Lipinski definition) is 1. The first-order valence-electron chi connectivity index (χ1n) is 8.55. The number of benzene rings is 1. The molecular weight excluding hydrogens is 298 g/mol. The molecule has 2 heterocycles. The summed E-state index contributed by atoms with van der Waals surface area (Å²) in [5, 5.41) is 0. The lowest BCUT2D eigenvalue weighted by Crippen LogP contribution is -2.43. The maximum absolute atomic E-state index is 6.17. The minimum absolute atomic E-state index is 0.455. The predicted octanol–water partition coefficient (Wildman–Crippen LogP) is 2.99. The monoisotopic (exact) mass is 323 g/mol. The van der Waals surface area contributed by atoms with Crippen LogP contribution in [0.4, 0.5) is 5.95 Å². The molecule has 126 valence electrons. The Hall–Kier alpha value is -2.43. The minimum Gasteiger partial charge on any atom is -0.369 e. The molecule has 1 aromatic carbocycles. The lowest BCUT2D eigenvalue weighted by atomic mass is 9.90. The number of aliphatic imine (C=N–C) groups is 1. The molecule has 2 N–H and O–H groups in total. The lowest BCUT2D eigenvalue weighted by molar-refractivity contribution is 0.263. The van der Waals surface area contributed by atoms with Crippen molar-refractivity contribution in [1.29, 1.82) is 0 Å². The van der Waals surface area contributed by atoms with Gasteiger partial charge in [-0.25, -0.2) is 9.97 Å². The molecule has 5 nitrogen and oxygen atoms in total. The summed E-state index contributed by atoms with van der Waals surface area (Å²) in [6.45, 7) is 5.77. The summed E-state index contributed by atoms with van der Waals surface area (Å²) in [5.41, 5.74) is 9.42. The molecule has 1 aromatic heterocycles. The van der Waals surface area contributed by atoms with Gasteiger partial charge in [0.2, 0.25) is 0 Å². The average Bonchev–Trinajstić information content (AvgIpc) is 2.55. The van der Waals surface area contributed by atoms with E-state index >= 15 is 0 Å². The molecule has 0 bridgehead atoms. The zero-order chi connectivity index (χ0) is 16.9. The van der Waals surface area contributed by atoms with Crippen LogP contribution in [0.3, 0.4) is 0 Å². The molecule has 2 aromatic rings. The highest BCUT2D eigenvalue weighted by Crippen LogP contribution is 2.21. The minimum atomic E-state index is 0.455. The van der Waals surface area contributed by atoms with Crippen LogP contribution in [0, 0.1) is 19.8 Å². The second-order valence-electron chi connectivity index (χ2n) is 6.54. The number of guanidine groups is 1. The molecule has 0 spiro atoms. The summed E-state index contributed by atoms with van der Waals surface area (Å²) in [6.07, 6.45) is 3.42. The largest absolute Gasteiger partial charge is 0.369 e. The van der Waals surface area contributed by atoms with E-state index in [0.29, 0.717) is 17.8 Å². The molecular formula is C19H25N5. The van der Waals surface area contributed by atoms with Crippen LogP contribution in [-0.4, -0.2) is 33.9 Å². The molecule has 5 heteroatoms. The fourth-order valence-corrected chi connectivity index (χ4v) is 3.24. The molecule has 1 saturated heterocycles. The van der Waals surface area contributed by atoms with Gasteiger partial charge in [0.15, 0.2) is 5.96 Å². The molecule has 24 heavy (non-hydrogen) atoms. The molecule has 0 radical (unpaired) electrons. The average molecular weight is 323 g/mol. The van der Waals surface area contributed by atoms with E-state index in [4.69, 9.17) is 5.73 Å². The predicted molar refractivity (Wildman–Crippen MR) is 97.2 cm³/mol.